The third-order valence-electron chi connectivity index (χ3n) is 1.89. The van der Waals surface area contributed by atoms with Crippen LogP contribution in [0.4, 0.5) is 5.82 Å². The van der Waals surface area contributed by atoms with E-state index in [0.29, 0.717) is 21.3 Å². The lowest BCUT2D eigenvalue weighted by molar-refractivity contribution is 0.225. The number of aliphatic hydroxyl groups is 1. The van der Waals surface area contributed by atoms with Gasteiger partial charge in [-0.3, -0.25) is 5.10 Å². The maximum atomic E-state index is 9.92. The Morgan fingerprint density at radius 3 is 2.93 bits per heavy atom. The van der Waals surface area contributed by atoms with Gasteiger partial charge in [-0.15, -0.1) is 11.3 Å². The third kappa shape index (κ3) is 1.50. The van der Waals surface area contributed by atoms with Gasteiger partial charge in [0.05, 0.1) is 16.1 Å². The van der Waals surface area contributed by atoms with Gasteiger partial charge in [-0.05, 0) is 11.4 Å². The second-order valence-electron chi connectivity index (χ2n) is 2.77. The van der Waals surface area contributed by atoms with Gasteiger partial charge < -0.3 is 10.8 Å². The minimum atomic E-state index is -0.804. The monoisotopic (exact) mass is 229 g/mol. The van der Waals surface area contributed by atoms with E-state index in [4.69, 9.17) is 17.3 Å². The van der Waals surface area contributed by atoms with Crippen molar-refractivity contribution in [2.45, 2.75) is 6.10 Å². The zero-order chi connectivity index (χ0) is 10.1. The number of anilines is 1. The summed E-state index contributed by atoms with van der Waals surface area (Å²) < 4.78 is 0. The maximum Gasteiger partial charge on any atom is 0.125 e. The summed E-state index contributed by atoms with van der Waals surface area (Å²) in [4.78, 5) is 0.680. The molecule has 0 aliphatic heterocycles. The second kappa shape index (κ2) is 3.61. The lowest BCUT2D eigenvalue weighted by Crippen LogP contribution is -2.00. The van der Waals surface area contributed by atoms with Gasteiger partial charge in [0.1, 0.15) is 11.9 Å². The van der Waals surface area contributed by atoms with Crippen LogP contribution in [0, 0.1) is 0 Å². The molecule has 0 amide bonds. The SMILES string of the molecule is Nc1[nH]ncc1C(O)c1sccc1Cl. The largest absolute Gasteiger partial charge is 0.384 e. The average molecular weight is 230 g/mol. The zero-order valence-corrected chi connectivity index (χ0v) is 8.64. The predicted octanol–water partition coefficient (Wildman–Crippen LogP) is 1.79. The van der Waals surface area contributed by atoms with Crippen molar-refractivity contribution in [3.05, 3.63) is 33.1 Å². The van der Waals surface area contributed by atoms with Crippen molar-refractivity contribution in [3.63, 3.8) is 0 Å². The van der Waals surface area contributed by atoms with E-state index in [1.54, 1.807) is 6.07 Å². The number of nitrogen functional groups attached to an aromatic ring is 1. The summed E-state index contributed by atoms with van der Waals surface area (Å²) in [7, 11) is 0. The van der Waals surface area contributed by atoms with Crippen LogP contribution < -0.4 is 5.73 Å². The molecule has 2 aromatic rings. The highest BCUT2D eigenvalue weighted by Gasteiger charge is 2.18. The molecule has 4 N–H and O–H groups in total. The van der Waals surface area contributed by atoms with E-state index in [-0.39, 0.29) is 0 Å². The number of nitrogens with zero attached hydrogens (tertiary/aromatic N) is 1. The van der Waals surface area contributed by atoms with Gasteiger partial charge in [0.2, 0.25) is 0 Å². The van der Waals surface area contributed by atoms with E-state index in [9.17, 15) is 5.11 Å². The molecule has 0 aliphatic rings. The molecule has 0 saturated carbocycles. The van der Waals surface area contributed by atoms with Gasteiger partial charge in [0.15, 0.2) is 0 Å². The van der Waals surface area contributed by atoms with Crippen LogP contribution in [0.5, 0.6) is 0 Å². The first kappa shape index (κ1) is 9.51. The number of H-pyrrole nitrogens is 1. The number of hydrogen-bond acceptors (Lipinski definition) is 4. The average Bonchev–Trinajstić information content (AvgIpc) is 2.73. The third-order valence-corrected chi connectivity index (χ3v) is 3.30. The molecule has 0 fully saturated rings. The molecule has 0 bridgehead atoms. The van der Waals surface area contributed by atoms with Crippen LogP contribution in [-0.2, 0) is 0 Å². The topological polar surface area (TPSA) is 74.9 Å². The Kier molecular flexibility index (Phi) is 2.45. The highest BCUT2D eigenvalue weighted by molar-refractivity contribution is 7.10. The van der Waals surface area contributed by atoms with E-state index in [1.807, 2.05) is 5.38 Å². The molecule has 2 heterocycles. The number of aliphatic hydroxyl groups excluding tert-OH is 1. The first-order valence-electron chi connectivity index (χ1n) is 3.90. The van der Waals surface area contributed by atoms with Crippen LogP contribution in [0.25, 0.3) is 0 Å². The van der Waals surface area contributed by atoms with Crippen molar-refractivity contribution in [1.29, 1.82) is 0 Å². The van der Waals surface area contributed by atoms with E-state index in [0.717, 1.165) is 0 Å². The van der Waals surface area contributed by atoms with Crippen LogP contribution in [0.15, 0.2) is 17.6 Å². The lowest BCUT2D eigenvalue weighted by Gasteiger charge is -2.07. The fourth-order valence-electron chi connectivity index (χ4n) is 1.17. The molecule has 0 aliphatic carbocycles. The summed E-state index contributed by atoms with van der Waals surface area (Å²) in [6.07, 6.45) is 0.692. The molecule has 2 aromatic heterocycles. The molecule has 6 heteroatoms. The number of halogens is 1. The molecule has 74 valence electrons. The van der Waals surface area contributed by atoms with Gasteiger partial charge in [-0.1, -0.05) is 11.6 Å². The molecule has 14 heavy (non-hydrogen) atoms. The number of nitrogens with one attached hydrogen (secondary N) is 1. The van der Waals surface area contributed by atoms with Crippen molar-refractivity contribution < 1.29 is 5.11 Å². The summed E-state index contributed by atoms with van der Waals surface area (Å²) >= 11 is 7.27. The summed E-state index contributed by atoms with van der Waals surface area (Å²) in [6.45, 7) is 0. The van der Waals surface area contributed by atoms with Crippen LogP contribution in [0.1, 0.15) is 16.5 Å². The summed E-state index contributed by atoms with van der Waals surface area (Å²) in [5.41, 5.74) is 6.13. The van der Waals surface area contributed by atoms with Crippen molar-refractivity contribution in [2.75, 3.05) is 5.73 Å². The smallest absolute Gasteiger partial charge is 0.125 e. The quantitative estimate of drug-likeness (QED) is 0.735. The molecule has 0 spiro atoms. The Bertz CT molecular complexity index is 399. The molecule has 2 rings (SSSR count). The molecule has 4 nitrogen and oxygen atoms in total. The fourth-order valence-corrected chi connectivity index (χ4v) is 2.33. The predicted molar refractivity (Wildman–Crippen MR) is 56.4 cm³/mol. The van der Waals surface area contributed by atoms with E-state index in [2.05, 4.69) is 10.2 Å². The minimum Gasteiger partial charge on any atom is -0.384 e. The normalized spacial score (nSPS) is 13.0. The van der Waals surface area contributed by atoms with Gasteiger partial charge in [-0.25, -0.2) is 0 Å². The van der Waals surface area contributed by atoms with Crippen LogP contribution in [0.2, 0.25) is 5.02 Å². The molecule has 0 saturated heterocycles. The minimum absolute atomic E-state index is 0.363. The van der Waals surface area contributed by atoms with Crippen molar-refractivity contribution in [2.24, 2.45) is 0 Å². The number of hydrogen-bond donors (Lipinski definition) is 3. The van der Waals surface area contributed by atoms with E-state index in [1.165, 1.54) is 17.5 Å². The molecule has 0 radical (unpaired) electrons. The fraction of sp³-hybridized carbons (Fsp3) is 0.125. The first-order valence-corrected chi connectivity index (χ1v) is 5.15. The van der Waals surface area contributed by atoms with Crippen molar-refractivity contribution >= 4 is 28.8 Å². The number of aromatic nitrogens is 2. The zero-order valence-electron chi connectivity index (χ0n) is 7.07. The number of rotatable bonds is 2. The Morgan fingerprint density at radius 2 is 2.43 bits per heavy atom. The molecular weight excluding hydrogens is 222 g/mol. The Hall–Kier alpha value is -1.04. The molecule has 1 unspecified atom stereocenters. The van der Waals surface area contributed by atoms with Gasteiger partial charge >= 0.3 is 0 Å². The summed E-state index contributed by atoms with van der Waals surface area (Å²) in [6, 6.07) is 1.74. The van der Waals surface area contributed by atoms with Gasteiger partial charge in [0.25, 0.3) is 0 Å². The van der Waals surface area contributed by atoms with Crippen LogP contribution in [0.3, 0.4) is 0 Å². The summed E-state index contributed by atoms with van der Waals surface area (Å²) in [5, 5.41) is 18.6. The first-order chi connectivity index (χ1) is 6.70. The highest BCUT2D eigenvalue weighted by atomic mass is 35.5. The Morgan fingerprint density at radius 1 is 1.64 bits per heavy atom. The van der Waals surface area contributed by atoms with Crippen LogP contribution >= 0.6 is 22.9 Å². The van der Waals surface area contributed by atoms with Crippen molar-refractivity contribution in [1.82, 2.24) is 10.2 Å². The number of thiophene rings is 1. The Balaban J connectivity index is 2.38. The molecular formula is C8H8ClN3OS. The lowest BCUT2D eigenvalue weighted by atomic mass is 10.1. The van der Waals surface area contributed by atoms with Crippen molar-refractivity contribution in [3.8, 4) is 0 Å². The summed E-state index contributed by atoms with van der Waals surface area (Å²) in [5.74, 6) is 0.363. The standard InChI is InChI=1S/C8H8ClN3OS/c9-5-1-2-14-7(5)6(13)4-3-11-12-8(4)10/h1-3,6,13H,(H3,10,11,12). The van der Waals surface area contributed by atoms with Gasteiger partial charge in [0, 0.05) is 5.56 Å². The van der Waals surface area contributed by atoms with E-state index < -0.39 is 6.10 Å². The van der Waals surface area contributed by atoms with Gasteiger partial charge in [-0.2, -0.15) is 5.10 Å². The van der Waals surface area contributed by atoms with Crippen LogP contribution in [-0.4, -0.2) is 15.3 Å². The van der Waals surface area contributed by atoms with E-state index >= 15 is 0 Å². The Labute approximate surface area is 89.3 Å². The molecule has 1 atom stereocenters. The highest BCUT2D eigenvalue weighted by Crippen LogP contribution is 2.33. The molecule has 0 aromatic carbocycles. The number of nitrogens with two attached hydrogens (primary N) is 1. The maximum absolute atomic E-state index is 9.92. The number of aromatic amines is 1. The second-order valence-corrected chi connectivity index (χ2v) is 4.13.